The second-order valence-corrected chi connectivity index (χ2v) is 4.30. The molecule has 3 nitrogen and oxygen atoms in total. The Kier molecular flexibility index (Phi) is 9.33. The van der Waals surface area contributed by atoms with Gasteiger partial charge < -0.3 is 14.3 Å². The van der Waals surface area contributed by atoms with Crippen LogP contribution < -0.4 is 0 Å². The van der Waals surface area contributed by atoms with Crippen LogP contribution in [-0.4, -0.2) is 13.1 Å². The number of hydrogen-bond acceptors (Lipinski definition) is 3. The number of aldehydes is 1. The van der Waals surface area contributed by atoms with Crippen molar-refractivity contribution < 1.29 is 14.3 Å². The van der Waals surface area contributed by atoms with E-state index in [4.69, 9.17) is 9.47 Å². The fourth-order valence-corrected chi connectivity index (χ4v) is 1.62. The Hall–Kier alpha value is -1.61. The van der Waals surface area contributed by atoms with Gasteiger partial charge in [0.25, 0.3) is 0 Å². The topological polar surface area (TPSA) is 35.5 Å². The predicted octanol–water partition coefficient (Wildman–Crippen LogP) is 3.84. The third-order valence-corrected chi connectivity index (χ3v) is 2.65. The Labute approximate surface area is 115 Å². The van der Waals surface area contributed by atoms with Crippen LogP contribution in [0.25, 0.3) is 0 Å². The first kappa shape index (κ1) is 15.4. The van der Waals surface area contributed by atoms with E-state index in [1.54, 1.807) is 6.26 Å². The highest BCUT2D eigenvalue weighted by atomic mass is 16.7. The van der Waals surface area contributed by atoms with E-state index in [-0.39, 0.29) is 6.79 Å². The van der Waals surface area contributed by atoms with Gasteiger partial charge in [-0.15, -0.1) is 0 Å². The molecule has 0 amide bonds. The van der Waals surface area contributed by atoms with E-state index >= 15 is 0 Å². The average Bonchev–Trinajstić information content (AvgIpc) is 2.46. The molecule has 0 unspecified atom stereocenters. The fourth-order valence-electron chi connectivity index (χ4n) is 1.62. The van der Waals surface area contributed by atoms with Gasteiger partial charge in [-0.3, -0.25) is 0 Å². The number of carbonyl (C=O) groups excluding carboxylic acids is 1. The third-order valence-electron chi connectivity index (χ3n) is 2.65. The number of unbranched alkanes of at least 4 members (excludes halogenated alkanes) is 4. The molecule has 0 aliphatic heterocycles. The Bertz CT molecular complexity index is 346. The van der Waals surface area contributed by atoms with E-state index in [1.807, 2.05) is 36.4 Å². The largest absolute Gasteiger partial charge is 0.475 e. The molecular formula is C16H22O3. The zero-order valence-corrected chi connectivity index (χ0v) is 11.3. The highest BCUT2D eigenvalue weighted by molar-refractivity contribution is 5.48. The Morgan fingerprint density at radius 1 is 1.00 bits per heavy atom. The van der Waals surface area contributed by atoms with E-state index in [2.05, 4.69) is 0 Å². The first-order chi connectivity index (χ1) is 9.43. The van der Waals surface area contributed by atoms with E-state index in [1.165, 1.54) is 0 Å². The monoisotopic (exact) mass is 262 g/mol. The Balaban J connectivity index is 1.89. The van der Waals surface area contributed by atoms with Crippen LogP contribution in [0.5, 0.6) is 0 Å². The number of hydrogen-bond donors (Lipinski definition) is 0. The van der Waals surface area contributed by atoms with Crippen molar-refractivity contribution in [3.63, 3.8) is 0 Å². The van der Waals surface area contributed by atoms with Crippen LogP contribution in [0.1, 0.15) is 37.7 Å². The van der Waals surface area contributed by atoms with Gasteiger partial charge in [0.05, 0.1) is 12.9 Å². The van der Waals surface area contributed by atoms with Crippen molar-refractivity contribution in [2.24, 2.45) is 0 Å². The summed E-state index contributed by atoms with van der Waals surface area (Å²) in [5.74, 6) is 0. The Morgan fingerprint density at radius 3 is 2.58 bits per heavy atom. The van der Waals surface area contributed by atoms with Crippen molar-refractivity contribution in [3.05, 3.63) is 48.2 Å². The maximum absolute atomic E-state index is 10.1. The summed E-state index contributed by atoms with van der Waals surface area (Å²) in [5.41, 5.74) is 1.14. The second-order valence-electron chi connectivity index (χ2n) is 4.30. The molecule has 0 bridgehead atoms. The van der Waals surface area contributed by atoms with Crippen molar-refractivity contribution in [3.8, 4) is 0 Å². The number of carbonyl (C=O) groups is 1. The molecule has 0 radical (unpaired) electrons. The fraction of sp³-hybridized carbons (Fsp3) is 0.438. The number of ether oxygens (including phenoxy) is 2. The van der Waals surface area contributed by atoms with E-state index in [9.17, 15) is 4.79 Å². The van der Waals surface area contributed by atoms with Crippen LogP contribution in [0, 0.1) is 0 Å². The van der Waals surface area contributed by atoms with Gasteiger partial charge in [-0.05, 0) is 30.9 Å². The predicted molar refractivity (Wildman–Crippen MR) is 75.5 cm³/mol. The van der Waals surface area contributed by atoms with Gasteiger partial charge >= 0.3 is 0 Å². The summed E-state index contributed by atoms with van der Waals surface area (Å²) in [4.78, 5) is 10.1. The van der Waals surface area contributed by atoms with Crippen LogP contribution in [0.3, 0.4) is 0 Å². The van der Waals surface area contributed by atoms with Crippen LogP contribution in [-0.2, 0) is 20.9 Å². The van der Waals surface area contributed by atoms with Gasteiger partial charge in [0.15, 0.2) is 6.79 Å². The smallest absolute Gasteiger partial charge is 0.188 e. The molecule has 0 fully saturated rings. The lowest BCUT2D eigenvalue weighted by atomic mass is 10.1. The van der Waals surface area contributed by atoms with E-state index in [0.717, 1.165) is 37.5 Å². The summed E-state index contributed by atoms with van der Waals surface area (Å²) >= 11 is 0. The number of rotatable bonds is 11. The van der Waals surface area contributed by atoms with Gasteiger partial charge in [-0.25, -0.2) is 0 Å². The van der Waals surface area contributed by atoms with Gasteiger partial charge in [0.1, 0.15) is 6.29 Å². The minimum Gasteiger partial charge on any atom is -0.475 e. The maximum Gasteiger partial charge on any atom is 0.188 e. The molecular weight excluding hydrogens is 240 g/mol. The molecule has 1 aromatic rings. The quantitative estimate of drug-likeness (QED) is 0.263. The SMILES string of the molecule is O=CCCCCCC=COCOCc1ccccc1. The molecule has 0 N–H and O–H groups in total. The third kappa shape index (κ3) is 9.03. The molecule has 3 heteroatoms. The van der Waals surface area contributed by atoms with Crippen LogP contribution in [0.4, 0.5) is 0 Å². The summed E-state index contributed by atoms with van der Waals surface area (Å²) in [5, 5.41) is 0. The summed E-state index contributed by atoms with van der Waals surface area (Å²) in [6.07, 6.45) is 9.48. The lowest BCUT2D eigenvalue weighted by Crippen LogP contribution is -1.96. The van der Waals surface area contributed by atoms with Crippen molar-refractivity contribution in [2.45, 2.75) is 38.7 Å². The molecule has 0 saturated carbocycles. The highest BCUT2D eigenvalue weighted by Crippen LogP contribution is 2.03. The summed E-state index contributed by atoms with van der Waals surface area (Å²) in [7, 11) is 0. The van der Waals surface area contributed by atoms with Gasteiger partial charge in [-0.1, -0.05) is 36.8 Å². The lowest BCUT2D eigenvalue weighted by molar-refractivity contribution is -0.107. The van der Waals surface area contributed by atoms with E-state index < -0.39 is 0 Å². The zero-order chi connectivity index (χ0) is 13.6. The van der Waals surface area contributed by atoms with Gasteiger partial charge in [0, 0.05) is 6.42 Å². The van der Waals surface area contributed by atoms with Gasteiger partial charge in [-0.2, -0.15) is 0 Å². The average molecular weight is 262 g/mol. The van der Waals surface area contributed by atoms with Crippen LogP contribution >= 0.6 is 0 Å². The van der Waals surface area contributed by atoms with E-state index in [0.29, 0.717) is 13.0 Å². The normalized spacial score (nSPS) is 10.7. The first-order valence-corrected chi connectivity index (χ1v) is 6.75. The summed E-state index contributed by atoms with van der Waals surface area (Å²) < 4.78 is 10.6. The van der Waals surface area contributed by atoms with Gasteiger partial charge in [0.2, 0.25) is 0 Å². The van der Waals surface area contributed by atoms with Crippen LogP contribution in [0.15, 0.2) is 42.7 Å². The lowest BCUT2D eigenvalue weighted by Gasteiger charge is -2.03. The number of benzene rings is 1. The molecule has 1 aromatic carbocycles. The molecule has 19 heavy (non-hydrogen) atoms. The summed E-state index contributed by atoms with van der Waals surface area (Å²) in [6, 6.07) is 10.0. The number of allylic oxidation sites excluding steroid dienone is 1. The van der Waals surface area contributed by atoms with Crippen molar-refractivity contribution in [2.75, 3.05) is 6.79 Å². The van der Waals surface area contributed by atoms with Crippen molar-refractivity contribution >= 4 is 6.29 Å². The second kappa shape index (κ2) is 11.5. The molecule has 0 aromatic heterocycles. The molecule has 0 spiro atoms. The molecule has 0 heterocycles. The maximum atomic E-state index is 10.1. The molecule has 0 atom stereocenters. The minimum absolute atomic E-state index is 0.274. The highest BCUT2D eigenvalue weighted by Gasteiger charge is 1.90. The molecule has 1 rings (SSSR count). The summed E-state index contributed by atoms with van der Waals surface area (Å²) in [6.45, 7) is 0.844. The zero-order valence-electron chi connectivity index (χ0n) is 11.3. The Morgan fingerprint density at radius 2 is 1.79 bits per heavy atom. The molecule has 104 valence electrons. The van der Waals surface area contributed by atoms with Crippen molar-refractivity contribution in [1.82, 2.24) is 0 Å². The first-order valence-electron chi connectivity index (χ1n) is 6.75. The van der Waals surface area contributed by atoms with Crippen molar-refractivity contribution in [1.29, 1.82) is 0 Å². The molecule has 0 aliphatic carbocycles. The standard InChI is InChI=1S/C16H22O3/c17-12-8-3-1-2-4-9-13-18-15-19-14-16-10-6-5-7-11-16/h5-7,9-13H,1-4,8,14-15H2. The molecule has 0 aliphatic rings. The van der Waals surface area contributed by atoms with Crippen LogP contribution in [0.2, 0.25) is 0 Å². The molecule has 0 saturated heterocycles. The minimum atomic E-state index is 0.274.